The molecule has 3 rings (SSSR count). The predicted octanol–water partition coefficient (Wildman–Crippen LogP) is 4.21. The molecule has 3 aromatic rings. The van der Waals surface area contributed by atoms with Crippen molar-refractivity contribution in [3.63, 3.8) is 0 Å². The third-order valence-corrected chi connectivity index (χ3v) is 4.07. The number of nitrogens with one attached hydrogen (secondary N) is 1. The largest absolute Gasteiger partial charge is 0.375 e. The quantitative estimate of drug-likeness (QED) is 0.532. The van der Waals surface area contributed by atoms with Gasteiger partial charge in [0.1, 0.15) is 11.5 Å². The zero-order chi connectivity index (χ0) is 18.7. The van der Waals surface area contributed by atoms with Gasteiger partial charge in [-0.25, -0.2) is 4.39 Å². The zero-order valence-electron chi connectivity index (χ0n) is 14.6. The number of benzene rings is 2. The Balaban J connectivity index is 1.74. The second-order valence-electron chi connectivity index (χ2n) is 6.18. The molecule has 7 heteroatoms. The van der Waals surface area contributed by atoms with Gasteiger partial charge >= 0.3 is 0 Å². The van der Waals surface area contributed by atoms with Crippen molar-refractivity contribution in [2.24, 2.45) is 0 Å². The molecule has 0 saturated carbocycles. The molecule has 0 bridgehead atoms. The summed E-state index contributed by atoms with van der Waals surface area (Å²) in [5.74, 6) is -0.630. The van der Waals surface area contributed by atoms with E-state index < -0.39 is 10.7 Å². The lowest BCUT2D eigenvalue weighted by atomic mass is 10.1. The molecule has 0 aliphatic carbocycles. The summed E-state index contributed by atoms with van der Waals surface area (Å²) in [6.07, 6.45) is 0. The van der Waals surface area contributed by atoms with Gasteiger partial charge in [0.25, 0.3) is 5.69 Å². The minimum atomic E-state index is -0.630. The van der Waals surface area contributed by atoms with Crippen LogP contribution in [0.2, 0.25) is 0 Å². The van der Waals surface area contributed by atoms with Gasteiger partial charge in [-0.05, 0) is 43.2 Å². The first-order chi connectivity index (χ1) is 12.4. The summed E-state index contributed by atoms with van der Waals surface area (Å²) in [7, 11) is 0. The van der Waals surface area contributed by atoms with E-state index in [9.17, 15) is 14.5 Å². The highest BCUT2D eigenvalue weighted by atomic mass is 19.1. The minimum Gasteiger partial charge on any atom is -0.375 e. The molecule has 0 radical (unpaired) electrons. The fraction of sp³-hybridized carbons (Fsp3) is 0.211. The zero-order valence-corrected chi connectivity index (χ0v) is 14.6. The summed E-state index contributed by atoms with van der Waals surface area (Å²) < 4.78 is 15.2. The van der Waals surface area contributed by atoms with Gasteiger partial charge in [0, 0.05) is 12.2 Å². The molecule has 1 heterocycles. The van der Waals surface area contributed by atoms with Gasteiger partial charge in [-0.2, -0.15) is 5.10 Å². The molecule has 134 valence electrons. The van der Waals surface area contributed by atoms with Crippen LogP contribution in [0.25, 0.3) is 0 Å². The Labute approximate surface area is 150 Å². The third kappa shape index (κ3) is 4.05. The monoisotopic (exact) mass is 354 g/mol. The lowest BCUT2D eigenvalue weighted by Gasteiger charge is -2.10. The van der Waals surface area contributed by atoms with Crippen molar-refractivity contribution in [1.82, 2.24) is 9.78 Å². The Morgan fingerprint density at radius 2 is 1.92 bits per heavy atom. The molecular formula is C19H19FN4O2. The lowest BCUT2D eigenvalue weighted by molar-refractivity contribution is -0.384. The fourth-order valence-electron chi connectivity index (χ4n) is 2.85. The van der Waals surface area contributed by atoms with Crippen LogP contribution in [0.3, 0.4) is 0 Å². The number of hydrogen-bond acceptors (Lipinski definition) is 4. The van der Waals surface area contributed by atoms with E-state index in [0.717, 1.165) is 28.6 Å². The Hall–Kier alpha value is -3.22. The van der Waals surface area contributed by atoms with E-state index in [4.69, 9.17) is 0 Å². The molecule has 2 aromatic carbocycles. The highest BCUT2D eigenvalue weighted by Crippen LogP contribution is 2.25. The van der Waals surface area contributed by atoms with E-state index in [2.05, 4.69) is 10.4 Å². The molecule has 0 aliphatic rings. The number of aryl methyl sites for hydroxylation is 2. The maximum atomic E-state index is 13.2. The topological polar surface area (TPSA) is 73.0 Å². The highest BCUT2D eigenvalue weighted by molar-refractivity contribution is 5.61. The van der Waals surface area contributed by atoms with Gasteiger partial charge in [0.05, 0.1) is 23.2 Å². The van der Waals surface area contributed by atoms with Crippen LogP contribution >= 0.6 is 0 Å². The van der Waals surface area contributed by atoms with Crippen molar-refractivity contribution in [2.45, 2.75) is 26.9 Å². The van der Waals surface area contributed by atoms with Crippen molar-refractivity contribution >= 4 is 11.4 Å². The second-order valence-corrected chi connectivity index (χ2v) is 6.18. The smallest absolute Gasteiger partial charge is 0.295 e. The van der Waals surface area contributed by atoms with Crippen LogP contribution < -0.4 is 5.32 Å². The summed E-state index contributed by atoms with van der Waals surface area (Å²) in [6.45, 7) is 5.03. The first-order valence-electron chi connectivity index (χ1n) is 8.19. The summed E-state index contributed by atoms with van der Waals surface area (Å²) in [5.41, 5.74) is 4.15. The standard InChI is InChI=1S/C19H19FN4O2/c1-13-8-14(2)23(22-13)12-16-5-3-4-15(9-16)11-21-18-7-6-17(20)10-19(18)24(25)26/h3-10,21H,11-12H2,1-2H3. The van der Waals surface area contributed by atoms with Crippen molar-refractivity contribution in [3.8, 4) is 0 Å². The van der Waals surface area contributed by atoms with Gasteiger partial charge in [-0.1, -0.05) is 24.3 Å². The Morgan fingerprint density at radius 1 is 1.15 bits per heavy atom. The number of nitro groups is 1. The minimum absolute atomic E-state index is 0.274. The molecule has 6 nitrogen and oxygen atoms in total. The van der Waals surface area contributed by atoms with Gasteiger partial charge in [-0.3, -0.25) is 14.8 Å². The van der Waals surface area contributed by atoms with Crippen LogP contribution in [0.1, 0.15) is 22.5 Å². The summed E-state index contributed by atoms with van der Waals surface area (Å²) in [6, 6.07) is 13.5. The van der Waals surface area contributed by atoms with Gasteiger partial charge < -0.3 is 5.32 Å². The van der Waals surface area contributed by atoms with Crippen LogP contribution in [0, 0.1) is 29.8 Å². The number of nitrogens with zero attached hydrogens (tertiary/aromatic N) is 3. The van der Waals surface area contributed by atoms with E-state index >= 15 is 0 Å². The second kappa shape index (κ2) is 7.35. The average molecular weight is 354 g/mol. The average Bonchev–Trinajstić information content (AvgIpc) is 2.91. The van der Waals surface area contributed by atoms with Crippen molar-refractivity contribution in [3.05, 3.63) is 87.0 Å². The van der Waals surface area contributed by atoms with Crippen LogP contribution in [0.5, 0.6) is 0 Å². The van der Waals surface area contributed by atoms with Crippen LogP contribution in [0.15, 0.2) is 48.5 Å². The molecule has 0 amide bonds. The number of aromatic nitrogens is 2. The first kappa shape index (κ1) is 17.6. The van der Waals surface area contributed by atoms with Crippen molar-refractivity contribution in [1.29, 1.82) is 0 Å². The number of halogens is 1. The van der Waals surface area contributed by atoms with E-state index in [1.165, 1.54) is 12.1 Å². The van der Waals surface area contributed by atoms with Gasteiger partial charge in [0.2, 0.25) is 0 Å². The van der Waals surface area contributed by atoms with E-state index in [1.54, 1.807) is 0 Å². The van der Waals surface area contributed by atoms with Crippen LogP contribution in [0.4, 0.5) is 15.8 Å². The Morgan fingerprint density at radius 3 is 2.62 bits per heavy atom. The summed E-state index contributed by atoms with van der Waals surface area (Å²) >= 11 is 0. The Kier molecular flexibility index (Phi) is 4.97. The first-order valence-corrected chi connectivity index (χ1v) is 8.19. The SMILES string of the molecule is Cc1cc(C)n(Cc2cccc(CNc3ccc(F)cc3[N+](=O)[O-])c2)n1. The number of rotatable bonds is 6. The fourth-order valence-corrected chi connectivity index (χ4v) is 2.85. The predicted molar refractivity (Wildman–Crippen MR) is 97.6 cm³/mol. The molecule has 0 atom stereocenters. The molecular weight excluding hydrogens is 335 g/mol. The molecule has 0 spiro atoms. The molecule has 0 fully saturated rings. The maximum absolute atomic E-state index is 13.2. The number of anilines is 1. The molecule has 0 unspecified atom stereocenters. The molecule has 0 saturated heterocycles. The highest BCUT2D eigenvalue weighted by Gasteiger charge is 2.14. The number of nitro benzene ring substituents is 1. The summed E-state index contributed by atoms with van der Waals surface area (Å²) in [5, 5.41) is 18.5. The normalized spacial score (nSPS) is 10.7. The molecule has 1 N–H and O–H groups in total. The van der Waals surface area contributed by atoms with Crippen molar-refractivity contribution < 1.29 is 9.31 Å². The Bertz CT molecular complexity index is 952. The van der Waals surface area contributed by atoms with E-state index in [0.29, 0.717) is 18.8 Å². The lowest BCUT2D eigenvalue weighted by Crippen LogP contribution is -2.06. The molecule has 26 heavy (non-hydrogen) atoms. The number of hydrogen-bond donors (Lipinski definition) is 1. The summed E-state index contributed by atoms with van der Waals surface area (Å²) in [4.78, 5) is 10.5. The van der Waals surface area contributed by atoms with E-state index in [-0.39, 0.29) is 5.69 Å². The maximum Gasteiger partial charge on any atom is 0.295 e. The van der Waals surface area contributed by atoms with Crippen molar-refractivity contribution in [2.75, 3.05) is 5.32 Å². The van der Waals surface area contributed by atoms with E-state index in [1.807, 2.05) is 48.9 Å². The molecule has 1 aromatic heterocycles. The van der Waals surface area contributed by atoms with Gasteiger partial charge in [0.15, 0.2) is 0 Å². The van der Waals surface area contributed by atoms with Gasteiger partial charge in [-0.15, -0.1) is 0 Å². The third-order valence-electron chi connectivity index (χ3n) is 4.07. The van der Waals surface area contributed by atoms with Crippen LogP contribution in [-0.4, -0.2) is 14.7 Å². The molecule has 0 aliphatic heterocycles. The van der Waals surface area contributed by atoms with Crippen LogP contribution in [-0.2, 0) is 13.1 Å².